The van der Waals surface area contributed by atoms with Crippen LogP contribution in [-0.4, -0.2) is 58.1 Å². The van der Waals surface area contributed by atoms with Crippen molar-refractivity contribution in [2.45, 2.75) is 88.9 Å². The fourth-order valence-electron chi connectivity index (χ4n) is 6.43. The number of carbonyl (C=O) groups is 2. The minimum Gasteiger partial charge on any atom is -0.361 e. The van der Waals surface area contributed by atoms with Crippen molar-refractivity contribution < 1.29 is 18.6 Å². The second kappa shape index (κ2) is 9.19. The highest BCUT2D eigenvalue weighted by molar-refractivity contribution is 6.34. The van der Waals surface area contributed by atoms with Gasteiger partial charge in [-0.1, -0.05) is 10.3 Å². The number of rotatable bonds is 2. The first-order chi connectivity index (χ1) is 16.7. The number of hydrogen-bond acceptors (Lipinski definition) is 6. The third-order valence-electron chi connectivity index (χ3n) is 8.47. The lowest BCUT2D eigenvalue weighted by atomic mass is 9.87. The van der Waals surface area contributed by atoms with Gasteiger partial charge in [-0.3, -0.25) is 9.59 Å². The van der Waals surface area contributed by atoms with Crippen LogP contribution in [-0.2, 0) is 35.3 Å². The predicted molar refractivity (Wildman–Crippen MR) is 123 cm³/mol. The molecule has 4 heterocycles. The normalized spacial score (nSPS) is 21.9. The maximum Gasteiger partial charge on any atom is 0.312 e. The lowest BCUT2D eigenvalue weighted by Gasteiger charge is -2.35. The third kappa shape index (κ3) is 3.95. The molecule has 2 amide bonds. The van der Waals surface area contributed by atoms with Gasteiger partial charge in [0, 0.05) is 49.1 Å². The fraction of sp³-hybridized carbons (Fsp3) is 0.692. The van der Waals surface area contributed by atoms with E-state index in [-0.39, 0.29) is 11.8 Å². The van der Waals surface area contributed by atoms with Crippen molar-refractivity contribution >= 4 is 11.8 Å². The van der Waals surface area contributed by atoms with E-state index in [1.807, 2.05) is 0 Å². The van der Waals surface area contributed by atoms with Crippen molar-refractivity contribution in [3.63, 3.8) is 0 Å². The zero-order valence-electron chi connectivity index (χ0n) is 19.9. The molecular formula is C26H34N4O4. The molecule has 8 heteroatoms. The lowest BCUT2D eigenvalue weighted by Crippen LogP contribution is -2.49. The molecule has 4 aliphatic rings. The first-order valence-electron chi connectivity index (χ1n) is 13.2. The van der Waals surface area contributed by atoms with Crippen molar-refractivity contribution in [2.24, 2.45) is 0 Å². The van der Waals surface area contributed by atoms with E-state index < -0.39 is 0 Å². The average Bonchev–Trinajstić information content (AvgIpc) is 3.53. The largest absolute Gasteiger partial charge is 0.361 e. The third-order valence-corrected chi connectivity index (χ3v) is 8.47. The first-order valence-corrected chi connectivity index (χ1v) is 13.2. The molecule has 0 N–H and O–H groups in total. The molecule has 0 unspecified atom stereocenters. The second-order valence-electron chi connectivity index (χ2n) is 10.5. The summed E-state index contributed by atoms with van der Waals surface area (Å²) in [4.78, 5) is 29.5. The Morgan fingerprint density at radius 3 is 1.41 bits per heavy atom. The van der Waals surface area contributed by atoms with Gasteiger partial charge in [0.2, 0.25) is 0 Å². The Hall–Kier alpha value is -2.64. The average molecular weight is 467 g/mol. The summed E-state index contributed by atoms with van der Waals surface area (Å²) in [5, 5.41) is 8.59. The number of carbonyl (C=O) groups excluding carboxylic acids is 2. The Bertz CT molecular complexity index is 973. The van der Waals surface area contributed by atoms with E-state index in [1.54, 1.807) is 9.80 Å². The summed E-state index contributed by atoms with van der Waals surface area (Å²) in [6, 6.07) is 0. The van der Waals surface area contributed by atoms with Crippen LogP contribution in [0.2, 0.25) is 0 Å². The molecular weight excluding hydrogens is 432 g/mol. The first kappa shape index (κ1) is 21.9. The molecule has 2 aromatic rings. The zero-order chi connectivity index (χ0) is 23.1. The Kier molecular flexibility index (Phi) is 5.91. The Morgan fingerprint density at radius 1 is 0.618 bits per heavy atom. The summed E-state index contributed by atoms with van der Waals surface area (Å²) in [5.41, 5.74) is 4.87. The number of nitrogens with zero attached hydrogens (tertiary/aromatic N) is 4. The highest BCUT2D eigenvalue weighted by atomic mass is 16.5. The highest BCUT2D eigenvalue weighted by Gasteiger charge is 2.36. The van der Waals surface area contributed by atoms with Crippen molar-refractivity contribution in [2.75, 3.05) is 26.2 Å². The van der Waals surface area contributed by atoms with E-state index >= 15 is 0 Å². The number of aryl methyl sites for hydroxylation is 2. The number of aromatic nitrogens is 2. The van der Waals surface area contributed by atoms with Crippen LogP contribution in [0.4, 0.5) is 0 Å². The summed E-state index contributed by atoms with van der Waals surface area (Å²) in [6.45, 7) is 2.41. The molecule has 6 rings (SSSR count). The lowest BCUT2D eigenvalue weighted by molar-refractivity contribution is -0.153. The number of fused-ring (bicyclic) bond motifs is 2. The summed E-state index contributed by atoms with van der Waals surface area (Å²) in [6.07, 6.45) is 12.2. The van der Waals surface area contributed by atoms with Crippen LogP contribution >= 0.6 is 0 Å². The van der Waals surface area contributed by atoms with Crippen LogP contribution in [0, 0.1) is 0 Å². The van der Waals surface area contributed by atoms with Crippen LogP contribution in [0.15, 0.2) is 9.05 Å². The Morgan fingerprint density at radius 2 is 1.00 bits per heavy atom. The topological polar surface area (TPSA) is 92.7 Å². The smallest absolute Gasteiger partial charge is 0.312 e. The Labute approximate surface area is 200 Å². The van der Waals surface area contributed by atoms with Crippen LogP contribution < -0.4 is 0 Å². The van der Waals surface area contributed by atoms with Gasteiger partial charge in [-0.25, -0.2) is 0 Å². The maximum absolute atomic E-state index is 13.0. The van der Waals surface area contributed by atoms with Gasteiger partial charge in [0.1, 0.15) is 11.5 Å². The van der Waals surface area contributed by atoms with Crippen molar-refractivity contribution in [1.82, 2.24) is 20.1 Å². The van der Waals surface area contributed by atoms with Gasteiger partial charge in [-0.15, -0.1) is 0 Å². The van der Waals surface area contributed by atoms with Gasteiger partial charge in [0.25, 0.3) is 0 Å². The van der Waals surface area contributed by atoms with Gasteiger partial charge in [-0.05, 0) is 77.0 Å². The van der Waals surface area contributed by atoms with E-state index in [4.69, 9.17) is 9.05 Å². The van der Waals surface area contributed by atoms with Crippen molar-refractivity contribution in [3.05, 3.63) is 34.0 Å². The molecule has 34 heavy (non-hydrogen) atoms. The molecule has 2 aromatic heterocycles. The van der Waals surface area contributed by atoms with Crippen molar-refractivity contribution in [1.29, 1.82) is 0 Å². The minimum atomic E-state index is -0.353. The van der Waals surface area contributed by atoms with Gasteiger partial charge >= 0.3 is 11.8 Å². The van der Waals surface area contributed by atoms with E-state index in [0.717, 1.165) is 74.3 Å². The standard InChI is InChI=1S/C26H34N4O4/c31-25(29-13-9-17(10-14-29)23-19-5-1-3-7-21(19)27-33-23)26(32)30-15-11-18(12-16-30)24-20-6-2-4-8-22(20)28-34-24/h17-18H,1-16H2. The van der Waals surface area contributed by atoms with Gasteiger partial charge in [0.15, 0.2) is 0 Å². The van der Waals surface area contributed by atoms with Crippen LogP contribution in [0.25, 0.3) is 0 Å². The number of likely N-dealkylation sites (tertiary alicyclic amines) is 2. The van der Waals surface area contributed by atoms with Crippen molar-refractivity contribution in [3.8, 4) is 0 Å². The Balaban J connectivity index is 1.02. The van der Waals surface area contributed by atoms with E-state index in [0.29, 0.717) is 38.0 Å². The molecule has 0 saturated carbocycles. The van der Waals surface area contributed by atoms with Gasteiger partial charge in [0.05, 0.1) is 11.4 Å². The predicted octanol–water partition coefficient (Wildman–Crippen LogP) is 3.53. The molecule has 0 bridgehead atoms. The van der Waals surface area contributed by atoms with Crippen LogP contribution in [0.3, 0.4) is 0 Å². The summed E-state index contributed by atoms with van der Waals surface area (Å²) in [7, 11) is 0. The number of hydrogen-bond donors (Lipinski definition) is 0. The van der Waals surface area contributed by atoms with Crippen LogP contribution in [0.5, 0.6) is 0 Å². The zero-order valence-corrected chi connectivity index (χ0v) is 19.9. The molecule has 0 aromatic carbocycles. The quantitative estimate of drug-likeness (QED) is 0.629. The SMILES string of the molecule is O=C(C(=O)N1CCC(c2onc3c2CCCC3)CC1)N1CCC(c2onc3c2CCCC3)CC1. The maximum atomic E-state index is 13.0. The van der Waals surface area contributed by atoms with E-state index in [2.05, 4.69) is 10.3 Å². The van der Waals surface area contributed by atoms with E-state index in [9.17, 15) is 9.59 Å². The monoisotopic (exact) mass is 466 g/mol. The molecule has 2 aliphatic carbocycles. The highest BCUT2D eigenvalue weighted by Crippen LogP contribution is 2.36. The molecule has 0 radical (unpaired) electrons. The number of piperidine rings is 2. The molecule has 2 aliphatic heterocycles. The summed E-state index contributed by atoms with van der Waals surface area (Å²) in [5.74, 6) is 1.96. The molecule has 2 fully saturated rings. The molecule has 182 valence electrons. The summed E-state index contributed by atoms with van der Waals surface area (Å²) < 4.78 is 11.5. The molecule has 8 nitrogen and oxygen atoms in total. The second-order valence-corrected chi connectivity index (χ2v) is 10.5. The molecule has 0 atom stereocenters. The summed E-state index contributed by atoms with van der Waals surface area (Å²) >= 11 is 0. The molecule has 2 saturated heterocycles. The number of amides is 2. The van der Waals surface area contributed by atoms with Gasteiger partial charge in [-0.2, -0.15) is 0 Å². The van der Waals surface area contributed by atoms with Gasteiger partial charge < -0.3 is 18.8 Å². The molecule has 0 spiro atoms. The minimum absolute atomic E-state index is 0.303. The van der Waals surface area contributed by atoms with Crippen LogP contribution in [0.1, 0.15) is 97.2 Å². The fourth-order valence-corrected chi connectivity index (χ4v) is 6.43. The van der Waals surface area contributed by atoms with E-state index in [1.165, 1.54) is 36.8 Å².